The number of anilines is 1. The van der Waals surface area contributed by atoms with Crippen LogP contribution in [0.1, 0.15) is 23.7 Å². The number of nitrogens with one attached hydrogen (secondary N) is 1. The zero-order valence-corrected chi connectivity index (χ0v) is 9.34. The lowest BCUT2D eigenvalue weighted by Gasteiger charge is -2.16. The van der Waals surface area contributed by atoms with Gasteiger partial charge in [-0.1, -0.05) is 12.2 Å². The van der Waals surface area contributed by atoms with E-state index in [-0.39, 0.29) is 23.9 Å². The molecule has 1 unspecified atom stereocenters. The number of Topliss-reactive ketones (excluding diaryl/α,β-unsaturated/α-hetero) is 1. The first-order valence-electron chi connectivity index (χ1n) is 5.33. The molecule has 1 aliphatic rings. The summed E-state index contributed by atoms with van der Waals surface area (Å²) in [5, 5.41) is 13.8. The Balaban J connectivity index is 2.48. The van der Waals surface area contributed by atoms with Crippen molar-refractivity contribution in [2.45, 2.75) is 19.4 Å². The fourth-order valence-corrected chi connectivity index (χ4v) is 1.78. The molecule has 0 spiro atoms. The number of hydrogen-bond donors (Lipinski definition) is 1. The molecule has 0 radical (unpaired) electrons. The van der Waals surface area contributed by atoms with Crippen molar-refractivity contribution in [1.82, 2.24) is 0 Å². The van der Waals surface area contributed by atoms with Gasteiger partial charge < -0.3 is 5.32 Å². The van der Waals surface area contributed by atoms with E-state index in [1.54, 1.807) is 12.1 Å². The molecule has 1 atom stereocenters. The molecule has 5 nitrogen and oxygen atoms in total. The summed E-state index contributed by atoms with van der Waals surface area (Å²) in [6.07, 6.45) is 3.96. The number of nitrogens with zero attached hydrogens (tertiary/aromatic N) is 1. The maximum absolute atomic E-state index is 11.8. The minimum absolute atomic E-state index is 0.0592. The highest BCUT2D eigenvalue weighted by molar-refractivity contribution is 6.02. The molecule has 5 heteroatoms. The Morgan fingerprint density at radius 3 is 2.94 bits per heavy atom. The lowest BCUT2D eigenvalue weighted by atomic mass is 10.0. The van der Waals surface area contributed by atoms with Gasteiger partial charge in [-0.25, -0.2) is 0 Å². The Kier molecular flexibility index (Phi) is 2.91. The van der Waals surface area contributed by atoms with E-state index in [1.807, 2.05) is 13.0 Å². The molecule has 88 valence electrons. The molecular formula is C12H12N2O3. The van der Waals surface area contributed by atoms with Gasteiger partial charge in [0, 0.05) is 35.8 Å². The van der Waals surface area contributed by atoms with Crippen molar-refractivity contribution in [3.63, 3.8) is 0 Å². The van der Waals surface area contributed by atoms with E-state index in [2.05, 4.69) is 5.32 Å². The largest absolute Gasteiger partial charge is 0.379 e. The van der Waals surface area contributed by atoms with E-state index in [0.29, 0.717) is 11.3 Å². The van der Waals surface area contributed by atoms with Gasteiger partial charge in [0.15, 0.2) is 5.78 Å². The first-order chi connectivity index (χ1) is 8.08. The highest BCUT2D eigenvalue weighted by Crippen LogP contribution is 2.25. The minimum atomic E-state index is -0.494. The summed E-state index contributed by atoms with van der Waals surface area (Å²) in [4.78, 5) is 22.0. The minimum Gasteiger partial charge on any atom is -0.379 e. The van der Waals surface area contributed by atoms with E-state index in [9.17, 15) is 14.9 Å². The van der Waals surface area contributed by atoms with E-state index in [4.69, 9.17) is 0 Å². The highest BCUT2D eigenvalue weighted by Gasteiger charge is 2.18. The molecule has 0 saturated heterocycles. The highest BCUT2D eigenvalue weighted by atomic mass is 16.6. The summed E-state index contributed by atoms with van der Waals surface area (Å²) in [5.74, 6) is -0.112. The average molecular weight is 232 g/mol. The van der Waals surface area contributed by atoms with Gasteiger partial charge in [-0.2, -0.15) is 0 Å². The predicted molar refractivity (Wildman–Crippen MR) is 64.3 cm³/mol. The Morgan fingerprint density at radius 1 is 1.47 bits per heavy atom. The van der Waals surface area contributed by atoms with Gasteiger partial charge >= 0.3 is 0 Å². The predicted octanol–water partition coefficient (Wildman–Crippen LogP) is 2.54. The summed E-state index contributed by atoms with van der Waals surface area (Å²) in [6, 6.07) is 4.41. The molecule has 17 heavy (non-hydrogen) atoms. The Bertz CT molecular complexity index is 508. The van der Waals surface area contributed by atoms with Gasteiger partial charge in [-0.05, 0) is 13.0 Å². The van der Waals surface area contributed by atoms with Crippen molar-refractivity contribution in [3.05, 3.63) is 46.0 Å². The molecular weight excluding hydrogens is 220 g/mol. The lowest BCUT2D eigenvalue weighted by Crippen LogP contribution is -2.17. The van der Waals surface area contributed by atoms with Crippen LogP contribution in [0.5, 0.6) is 0 Å². The Labute approximate surface area is 98.3 Å². The van der Waals surface area contributed by atoms with Gasteiger partial charge in [0.25, 0.3) is 5.69 Å². The molecule has 1 N–H and O–H groups in total. The second kappa shape index (κ2) is 4.37. The third-order valence-corrected chi connectivity index (χ3v) is 2.63. The van der Waals surface area contributed by atoms with E-state index in [0.717, 1.165) is 0 Å². The van der Waals surface area contributed by atoms with Crippen molar-refractivity contribution < 1.29 is 9.72 Å². The van der Waals surface area contributed by atoms with Crippen LogP contribution in [0.15, 0.2) is 30.4 Å². The molecule has 1 aromatic rings. The maximum atomic E-state index is 11.8. The molecule has 1 heterocycles. The standard InChI is InChI=1S/C12H12N2O3/c1-8-3-2-4-12(15)10-7-9(14(16)17)5-6-11(10)13-8/h2-3,5-8,13H,4H2,1H3. The van der Waals surface area contributed by atoms with Crippen LogP contribution in [0, 0.1) is 10.1 Å². The third kappa shape index (κ3) is 2.33. The number of non-ortho nitro benzene ring substituents is 1. The molecule has 1 aliphatic heterocycles. The number of carbonyl (C=O) groups excluding carboxylic acids is 1. The molecule has 0 saturated carbocycles. The number of nitro benzene ring substituents is 1. The summed E-state index contributed by atoms with van der Waals surface area (Å²) in [7, 11) is 0. The molecule has 0 aliphatic carbocycles. The molecule has 0 bridgehead atoms. The number of benzene rings is 1. The number of allylic oxidation sites excluding steroid dienone is 1. The van der Waals surface area contributed by atoms with Crippen LogP contribution in [0.2, 0.25) is 0 Å². The number of ketones is 1. The zero-order chi connectivity index (χ0) is 12.4. The maximum Gasteiger partial charge on any atom is 0.270 e. The van der Waals surface area contributed by atoms with Crippen molar-refractivity contribution >= 4 is 17.2 Å². The van der Waals surface area contributed by atoms with Crippen LogP contribution in [-0.4, -0.2) is 16.7 Å². The molecule has 0 aromatic heterocycles. The van der Waals surface area contributed by atoms with E-state index >= 15 is 0 Å². The van der Waals surface area contributed by atoms with Gasteiger partial charge in [0.1, 0.15) is 0 Å². The van der Waals surface area contributed by atoms with Crippen LogP contribution in [0.25, 0.3) is 0 Å². The number of carbonyl (C=O) groups is 1. The number of hydrogen-bond acceptors (Lipinski definition) is 4. The fraction of sp³-hybridized carbons (Fsp3) is 0.250. The van der Waals surface area contributed by atoms with Gasteiger partial charge in [-0.15, -0.1) is 0 Å². The normalized spacial score (nSPS) is 18.9. The summed E-state index contributed by atoms with van der Waals surface area (Å²) in [5.41, 5.74) is 0.976. The van der Waals surface area contributed by atoms with Gasteiger partial charge in [0.05, 0.1) is 4.92 Å². The van der Waals surface area contributed by atoms with Crippen LogP contribution in [0.4, 0.5) is 11.4 Å². The molecule has 2 rings (SSSR count). The van der Waals surface area contributed by atoms with Crippen molar-refractivity contribution in [2.75, 3.05) is 5.32 Å². The quantitative estimate of drug-likeness (QED) is 0.458. The van der Waals surface area contributed by atoms with E-state index in [1.165, 1.54) is 12.1 Å². The molecule has 0 amide bonds. The Hall–Kier alpha value is -2.17. The summed E-state index contributed by atoms with van der Waals surface area (Å²) in [6.45, 7) is 1.96. The smallest absolute Gasteiger partial charge is 0.270 e. The third-order valence-electron chi connectivity index (χ3n) is 2.63. The monoisotopic (exact) mass is 232 g/mol. The fourth-order valence-electron chi connectivity index (χ4n) is 1.78. The SMILES string of the molecule is CC1C=CCC(=O)c2cc([N+](=O)[O-])ccc2N1. The summed E-state index contributed by atoms with van der Waals surface area (Å²) < 4.78 is 0. The van der Waals surface area contributed by atoms with E-state index < -0.39 is 4.92 Å². The van der Waals surface area contributed by atoms with Crippen molar-refractivity contribution in [2.24, 2.45) is 0 Å². The number of fused-ring (bicyclic) bond motifs is 1. The topological polar surface area (TPSA) is 72.2 Å². The Morgan fingerprint density at radius 2 is 2.24 bits per heavy atom. The second-order valence-electron chi connectivity index (χ2n) is 3.98. The lowest BCUT2D eigenvalue weighted by molar-refractivity contribution is -0.384. The van der Waals surface area contributed by atoms with Crippen LogP contribution in [0.3, 0.4) is 0 Å². The number of nitro groups is 1. The van der Waals surface area contributed by atoms with Crippen LogP contribution >= 0.6 is 0 Å². The van der Waals surface area contributed by atoms with Gasteiger partial charge in [0.2, 0.25) is 0 Å². The molecule has 1 aromatic carbocycles. The van der Waals surface area contributed by atoms with Gasteiger partial charge in [-0.3, -0.25) is 14.9 Å². The van der Waals surface area contributed by atoms with Crippen molar-refractivity contribution in [1.29, 1.82) is 0 Å². The molecule has 0 fully saturated rings. The second-order valence-corrected chi connectivity index (χ2v) is 3.98. The zero-order valence-electron chi connectivity index (χ0n) is 9.34. The first-order valence-corrected chi connectivity index (χ1v) is 5.33. The average Bonchev–Trinajstić information content (AvgIpc) is 2.27. The first kappa shape index (κ1) is 11.3. The number of rotatable bonds is 1. The van der Waals surface area contributed by atoms with Crippen LogP contribution in [-0.2, 0) is 0 Å². The van der Waals surface area contributed by atoms with Crippen molar-refractivity contribution in [3.8, 4) is 0 Å². The van der Waals surface area contributed by atoms with Crippen LogP contribution < -0.4 is 5.32 Å². The summed E-state index contributed by atoms with van der Waals surface area (Å²) >= 11 is 0.